The summed E-state index contributed by atoms with van der Waals surface area (Å²) in [6, 6.07) is 7.28. The number of ether oxygens (including phenoxy) is 2. The fourth-order valence-corrected chi connectivity index (χ4v) is 6.57. The number of anilines is 1. The molecular weight excluding hydrogens is 482 g/mol. The number of carbonyl (C=O) groups is 1. The molecule has 2 aromatic heterocycles. The van der Waals surface area contributed by atoms with E-state index in [1.807, 2.05) is 23.9 Å². The van der Waals surface area contributed by atoms with Crippen molar-refractivity contribution in [1.29, 1.82) is 0 Å². The largest absolute Gasteiger partial charge is 0.447 e. The van der Waals surface area contributed by atoms with Crippen molar-refractivity contribution in [2.24, 2.45) is 0 Å². The molecule has 4 aliphatic heterocycles. The number of hydrogen-bond acceptors (Lipinski definition) is 8. The Hall–Kier alpha value is -3.24. The minimum absolute atomic E-state index is 0.243. The second-order valence-corrected chi connectivity index (χ2v) is 11.4. The highest BCUT2D eigenvalue weighted by Gasteiger charge is 2.42. The Morgan fingerprint density at radius 1 is 1.00 bits per heavy atom. The standard InChI is InChI=1S/C28H35N7O3/c1-18-11-21-14-29-35(24(21)12-23(18)20-3-7-33(8-4-20)22-15-37-16-22)26-13-25(30-19(2)31-26)34-9-5-28(6-10-34)17-38-27(36)32-28/h11-14,20,22H,3-10,15-17H2,1-2H3,(H,32,36). The van der Waals surface area contributed by atoms with E-state index in [1.54, 1.807) is 0 Å². The fourth-order valence-electron chi connectivity index (χ4n) is 6.57. The van der Waals surface area contributed by atoms with Crippen LogP contribution in [0.25, 0.3) is 16.7 Å². The molecule has 0 radical (unpaired) electrons. The normalized spacial score (nSPS) is 22.6. The third kappa shape index (κ3) is 4.19. The van der Waals surface area contributed by atoms with Crippen molar-refractivity contribution in [2.75, 3.05) is 50.9 Å². The van der Waals surface area contributed by atoms with Gasteiger partial charge >= 0.3 is 6.09 Å². The quantitative estimate of drug-likeness (QED) is 0.564. The van der Waals surface area contributed by atoms with Crippen LogP contribution in [0, 0.1) is 13.8 Å². The number of likely N-dealkylation sites (tertiary alicyclic amines) is 1. The van der Waals surface area contributed by atoms with Gasteiger partial charge in [-0.1, -0.05) is 0 Å². The molecule has 6 heterocycles. The number of aromatic nitrogens is 4. The van der Waals surface area contributed by atoms with Gasteiger partial charge in [0.2, 0.25) is 0 Å². The Bertz CT molecular complexity index is 1370. The maximum absolute atomic E-state index is 11.6. The molecule has 1 aromatic carbocycles. The molecule has 7 rings (SSSR count). The number of carbonyl (C=O) groups excluding carboxylic acids is 1. The van der Waals surface area contributed by atoms with Gasteiger partial charge in [0.25, 0.3) is 0 Å². The average Bonchev–Trinajstić information content (AvgIpc) is 3.46. The number of rotatable bonds is 4. The molecular formula is C28H35N7O3. The number of fused-ring (bicyclic) bond motifs is 1. The van der Waals surface area contributed by atoms with Gasteiger partial charge in [0, 0.05) is 24.5 Å². The summed E-state index contributed by atoms with van der Waals surface area (Å²) in [6.07, 6.45) is 5.65. The van der Waals surface area contributed by atoms with E-state index in [-0.39, 0.29) is 11.6 Å². The number of alkyl carbamates (subject to hydrolysis) is 1. The Morgan fingerprint density at radius 2 is 1.76 bits per heavy atom. The number of amides is 1. The molecule has 0 bridgehead atoms. The number of benzene rings is 1. The van der Waals surface area contributed by atoms with Gasteiger partial charge in [-0.2, -0.15) is 5.10 Å². The van der Waals surface area contributed by atoms with E-state index in [0.717, 1.165) is 80.6 Å². The Labute approximate surface area is 222 Å². The van der Waals surface area contributed by atoms with E-state index in [4.69, 9.17) is 24.5 Å². The van der Waals surface area contributed by atoms with Gasteiger partial charge in [-0.15, -0.1) is 0 Å². The summed E-state index contributed by atoms with van der Waals surface area (Å²) in [7, 11) is 0. The maximum Gasteiger partial charge on any atom is 0.407 e. The third-order valence-corrected chi connectivity index (χ3v) is 8.98. The van der Waals surface area contributed by atoms with Crippen molar-refractivity contribution in [3.8, 4) is 5.82 Å². The van der Waals surface area contributed by atoms with Gasteiger partial charge < -0.3 is 19.7 Å². The highest BCUT2D eigenvalue weighted by molar-refractivity contribution is 5.82. The summed E-state index contributed by atoms with van der Waals surface area (Å²) < 4.78 is 12.6. The predicted molar refractivity (Wildman–Crippen MR) is 143 cm³/mol. The van der Waals surface area contributed by atoms with Crippen LogP contribution in [0.5, 0.6) is 0 Å². The van der Waals surface area contributed by atoms with Gasteiger partial charge in [0.1, 0.15) is 18.2 Å². The molecule has 4 aliphatic rings. The van der Waals surface area contributed by atoms with Gasteiger partial charge in [-0.05, 0) is 81.8 Å². The Balaban J connectivity index is 1.14. The number of nitrogens with zero attached hydrogens (tertiary/aromatic N) is 6. The van der Waals surface area contributed by atoms with Crippen LogP contribution >= 0.6 is 0 Å². The number of piperidine rings is 2. The van der Waals surface area contributed by atoms with Crippen LogP contribution in [0.15, 0.2) is 24.4 Å². The van der Waals surface area contributed by atoms with Crippen LogP contribution in [0.1, 0.15) is 48.6 Å². The average molecular weight is 518 g/mol. The summed E-state index contributed by atoms with van der Waals surface area (Å²) in [5.74, 6) is 2.97. The van der Waals surface area contributed by atoms with Crippen molar-refractivity contribution < 1.29 is 14.3 Å². The molecule has 1 spiro atoms. The van der Waals surface area contributed by atoms with Crippen LogP contribution in [0.2, 0.25) is 0 Å². The molecule has 200 valence electrons. The molecule has 4 fully saturated rings. The molecule has 1 N–H and O–H groups in total. The summed E-state index contributed by atoms with van der Waals surface area (Å²) in [5.41, 5.74) is 3.62. The molecule has 1 amide bonds. The van der Waals surface area contributed by atoms with E-state index >= 15 is 0 Å². The first kappa shape index (κ1) is 23.8. The summed E-state index contributed by atoms with van der Waals surface area (Å²) >= 11 is 0. The molecule has 0 atom stereocenters. The number of nitrogens with one attached hydrogen (secondary N) is 1. The van der Waals surface area contributed by atoms with E-state index < -0.39 is 0 Å². The van der Waals surface area contributed by atoms with Crippen LogP contribution in [0.4, 0.5) is 10.6 Å². The smallest absolute Gasteiger partial charge is 0.407 e. The molecule has 10 heteroatoms. The molecule has 0 unspecified atom stereocenters. The first-order chi connectivity index (χ1) is 18.5. The summed E-state index contributed by atoms with van der Waals surface area (Å²) in [4.78, 5) is 26.0. The lowest BCUT2D eigenvalue weighted by Gasteiger charge is -2.41. The van der Waals surface area contributed by atoms with Crippen LogP contribution in [-0.4, -0.2) is 88.3 Å². The molecule has 0 saturated carbocycles. The second kappa shape index (κ2) is 9.20. The van der Waals surface area contributed by atoms with Gasteiger partial charge in [0.05, 0.1) is 36.5 Å². The highest BCUT2D eigenvalue weighted by atomic mass is 16.6. The van der Waals surface area contributed by atoms with E-state index in [0.29, 0.717) is 18.6 Å². The van der Waals surface area contributed by atoms with E-state index in [2.05, 4.69) is 34.2 Å². The Kier molecular flexibility index (Phi) is 5.77. The SMILES string of the molecule is Cc1nc(N2CCC3(CC2)COC(=O)N3)cc(-n2ncc3cc(C)c(C4CCN(C5COC5)CC4)cc32)n1. The molecule has 38 heavy (non-hydrogen) atoms. The maximum atomic E-state index is 11.6. The van der Waals surface area contributed by atoms with Crippen molar-refractivity contribution in [1.82, 2.24) is 30.0 Å². The number of aryl methyl sites for hydroxylation is 2. The molecule has 0 aliphatic carbocycles. The lowest BCUT2D eigenvalue weighted by molar-refractivity contribution is -0.0712. The zero-order valence-electron chi connectivity index (χ0n) is 22.2. The minimum Gasteiger partial charge on any atom is -0.447 e. The lowest BCUT2D eigenvalue weighted by Crippen LogP contribution is -2.52. The fraction of sp³-hybridized carbons (Fsp3) is 0.571. The van der Waals surface area contributed by atoms with Crippen molar-refractivity contribution in [3.05, 3.63) is 41.3 Å². The summed E-state index contributed by atoms with van der Waals surface area (Å²) in [5, 5.41) is 8.91. The van der Waals surface area contributed by atoms with Crippen LogP contribution in [-0.2, 0) is 9.47 Å². The Morgan fingerprint density at radius 3 is 2.45 bits per heavy atom. The predicted octanol–water partition coefficient (Wildman–Crippen LogP) is 3.09. The van der Waals surface area contributed by atoms with Gasteiger partial charge in [-0.25, -0.2) is 19.4 Å². The molecule has 4 saturated heterocycles. The second-order valence-electron chi connectivity index (χ2n) is 11.4. The highest BCUT2D eigenvalue weighted by Crippen LogP contribution is 2.35. The molecule has 10 nitrogen and oxygen atoms in total. The van der Waals surface area contributed by atoms with Crippen molar-refractivity contribution >= 4 is 22.8 Å². The third-order valence-electron chi connectivity index (χ3n) is 8.98. The van der Waals surface area contributed by atoms with Crippen LogP contribution in [0.3, 0.4) is 0 Å². The zero-order chi connectivity index (χ0) is 25.9. The first-order valence-corrected chi connectivity index (χ1v) is 13.8. The van der Waals surface area contributed by atoms with E-state index in [1.165, 1.54) is 24.0 Å². The molecule has 3 aromatic rings. The van der Waals surface area contributed by atoms with Gasteiger partial charge in [0.15, 0.2) is 5.82 Å². The van der Waals surface area contributed by atoms with Crippen LogP contribution < -0.4 is 10.2 Å². The zero-order valence-corrected chi connectivity index (χ0v) is 22.2. The number of cyclic esters (lactones) is 1. The van der Waals surface area contributed by atoms with Crippen molar-refractivity contribution in [3.63, 3.8) is 0 Å². The first-order valence-electron chi connectivity index (χ1n) is 13.8. The monoisotopic (exact) mass is 517 g/mol. The minimum atomic E-state index is -0.308. The number of hydrogen-bond donors (Lipinski definition) is 1. The van der Waals surface area contributed by atoms with Crippen molar-refractivity contribution in [2.45, 2.75) is 57.0 Å². The summed E-state index contributed by atoms with van der Waals surface area (Å²) in [6.45, 7) is 10.3. The van der Waals surface area contributed by atoms with Gasteiger partial charge in [-0.3, -0.25) is 4.90 Å². The lowest BCUT2D eigenvalue weighted by atomic mass is 9.85. The topological polar surface area (TPSA) is 97.6 Å². The van der Waals surface area contributed by atoms with E-state index in [9.17, 15) is 4.79 Å².